The Balaban J connectivity index is 1.32. The van der Waals surface area contributed by atoms with E-state index in [2.05, 4.69) is 62.0 Å². The summed E-state index contributed by atoms with van der Waals surface area (Å²) < 4.78 is 16.7. The van der Waals surface area contributed by atoms with Crippen molar-refractivity contribution in [2.24, 2.45) is 7.05 Å². The number of nitrogens with zero attached hydrogens (tertiary/aromatic N) is 7. The van der Waals surface area contributed by atoms with Crippen molar-refractivity contribution in [3.63, 3.8) is 0 Å². The van der Waals surface area contributed by atoms with Crippen molar-refractivity contribution >= 4 is 22.7 Å². The average Bonchev–Trinajstić information content (AvgIpc) is 3.22. The number of hydrogen-bond acceptors (Lipinski definition) is 7. The molecule has 1 saturated heterocycles. The summed E-state index contributed by atoms with van der Waals surface area (Å²) in [6.45, 7) is 12.8. The van der Waals surface area contributed by atoms with E-state index in [0.29, 0.717) is 17.3 Å². The van der Waals surface area contributed by atoms with Crippen LogP contribution in [-0.2, 0) is 13.6 Å². The van der Waals surface area contributed by atoms with Gasteiger partial charge in [-0.25, -0.2) is 19.3 Å². The van der Waals surface area contributed by atoms with Crippen molar-refractivity contribution in [2.75, 3.05) is 38.0 Å². The summed E-state index contributed by atoms with van der Waals surface area (Å²) >= 11 is 0. The molecule has 9 heteroatoms. The van der Waals surface area contributed by atoms with E-state index in [1.807, 2.05) is 42.2 Å². The zero-order valence-corrected chi connectivity index (χ0v) is 21.4. The van der Waals surface area contributed by atoms with Crippen LogP contribution in [-0.4, -0.2) is 67.3 Å². The summed E-state index contributed by atoms with van der Waals surface area (Å²) in [5, 5.41) is 8.71. The molecule has 0 bridgehead atoms. The summed E-state index contributed by atoms with van der Waals surface area (Å²) in [6, 6.07) is 9.70. The number of benzene rings is 1. The van der Waals surface area contributed by atoms with Crippen LogP contribution in [0.5, 0.6) is 0 Å². The van der Waals surface area contributed by atoms with Gasteiger partial charge < -0.3 is 10.2 Å². The Morgan fingerprint density at radius 1 is 1.00 bits per heavy atom. The number of likely N-dealkylation sites (N-methyl/N-ethyl adjacent to an activating group) is 1. The number of hydrogen-bond donors (Lipinski definition) is 1. The number of aromatic nitrogens is 5. The fourth-order valence-electron chi connectivity index (χ4n) is 4.91. The van der Waals surface area contributed by atoms with E-state index in [9.17, 15) is 4.39 Å². The van der Waals surface area contributed by atoms with Gasteiger partial charge in [0.2, 0.25) is 5.95 Å². The smallest absolute Gasteiger partial charge is 0.229 e. The Morgan fingerprint density at radius 3 is 2.47 bits per heavy atom. The lowest BCUT2D eigenvalue weighted by molar-refractivity contribution is 0.132. The van der Waals surface area contributed by atoms with E-state index in [0.717, 1.165) is 61.4 Å². The van der Waals surface area contributed by atoms with Gasteiger partial charge in [0, 0.05) is 62.6 Å². The first-order chi connectivity index (χ1) is 17.4. The number of fused-ring (bicyclic) bond motifs is 1. The van der Waals surface area contributed by atoms with Crippen LogP contribution in [0.1, 0.15) is 37.9 Å². The topological polar surface area (TPSA) is 75.0 Å². The highest BCUT2D eigenvalue weighted by atomic mass is 19.1. The van der Waals surface area contributed by atoms with Gasteiger partial charge in [-0.05, 0) is 36.2 Å². The average molecular weight is 489 g/mol. The third-order valence-corrected chi connectivity index (χ3v) is 6.83. The van der Waals surface area contributed by atoms with Crippen molar-refractivity contribution in [2.45, 2.75) is 33.2 Å². The molecule has 0 amide bonds. The van der Waals surface area contributed by atoms with Gasteiger partial charge >= 0.3 is 0 Å². The molecule has 3 aromatic heterocycles. The Morgan fingerprint density at radius 2 is 1.78 bits per heavy atom. The maximum absolute atomic E-state index is 14.8. The molecule has 0 unspecified atom stereocenters. The zero-order chi connectivity index (χ0) is 25.2. The highest BCUT2D eigenvalue weighted by Gasteiger charge is 2.17. The lowest BCUT2D eigenvalue weighted by Crippen LogP contribution is -2.45. The van der Waals surface area contributed by atoms with Crippen molar-refractivity contribution in [3.05, 3.63) is 59.8 Å². The second-order valence-electron chi connectivity index (χ2n) is 9.67. The lowest BCUT2D eigenvalue weighted by atomic mass is 10.0. The molecule has 36 heavy (non-hydrogen) atoms. The highest BCUT2D eigenvalue weighted by molar-refractivity contribution is 5.86. The quantitative estimate of drug-likeness (QED) is 0.408. The molecular formula is C27H33FN8. The number of nitrogens with one attached hydrogen (secondary N) is 1. The molecule has 0 spiro atoms. The molecule has 188 valence electrons. The third kappa shape index (κ3) is 5.08. The van der Waals surface area contributed by atoms with Crippen LogP contribution in [0.4, 0.5) is 16.2 Å². The summed E-state index contributed by atoms with van der Waals surface area (Å²) in [5.41, 5.74) is 4.09. The molecule has 1 fully saturated rings. The monoisotopic (exact) mass is 488 g/mol. The number of aryl methyl sites for hydroxylation is 1. The van der Waals surface area contributed by atoms with E-state index in [-0.39, 0.29) is 11.6 Å². The standard InChI is InChI=1S/C27H33FN8/c1-5-35-10-12-36(13-11-35)17-19-6-9-24(29-15-19)31-27-30-16-22(28)25(32-27)20-7-8-23-21(14-20)26(18(2)3)34(4)33-23/h6-9,14-16,18H,5,10-13,17H2,1-4H3,(H,29,30,31,32). The van der Waals surface area contributed by atoms with E-state index in [1.54, 1.807) is 0 Å². The molecule has 8 nitrogen and oxygen atoms in total. The van der Waals surface area contributed by atoms with E-state index < -0.39 is 5.82 Å². The predicted octanol–water partition coefficient (Wildman–Crippen LogP) is 4.57. The zero-order valence-electron chi connectivity index (χ0n) is 21.4. The first kappa shape index (κ1) is 24.3. The number of rotatable bonds is 7. The maximum Gasteiger partial charge on any atom is 0.229 e. The summed E-state index contributed by atoms with van der Waals surface area (Å²) in [6.07, 6.45) is 3.08. The molecule has 0 aliphatic carbocycles. The van der Waals surface area contributed by atoms with E-state index in [1.165, 1.54) is 6.20 Å². The first-order valence-electron chi connectivity index (χ1n) is 12.6. The van der Waals surface area contributed by atoms with Gasteiger partial charge in [0.25, 0.3) is 0 Å². The van der Waals surface area contributed by atoms with Crippen LogP contribution in [0.25, 0.3) is 22.2 Å². The minimum atomic E-state index is -0.471. The Kier molecular flexibility index (Phi) is 6.93. The van der Waals surface area contributed by atoms with Crippen molar-refractivity contribution in [1.82, 2.24) is 34.5 Å². The first-order valence-corrected chi connectivity index (χ1v) is 12.6. The van der Waals surface area contributed by atoms with Crippen LogP contribution >= 0.6 is 0 Å². The summed E-state index contributed by atoms with van der Waals surface area (Å²) in [7, 11) is 1.94. The number of halogens is 1. The van der Waals surface area contributed by atoms with Gasteiger partial charge in [-0.1, -0.05) is 32.9 Å². The molecule has 0 atom stereocenters. The van der Waals surface area contributed by atoms with Gasteiger partial charge in [-0.2, -0.15) is 5.10 Å². The Bertz CT molecular complexity index is 1340. The summed E-state index contributed by atoms with van der Waals surface area (Å²) in [5.74, 6) is 0.744. The summed E-state index contributed by atoms with van der Waals surface area (Å²) in [4.78, 5) is 18.1. The molecular weight excluding hydrogens is 455 g/mol. The van der Waals surface area contributed by atoms with Crippen LogP contribution in [0.3, 0.4) is 0 Å². The van der Waals surface area contributed by atoms with Gasteiger partial charge in [-0.3, -0.25) is 9.58 Å². The van der Waals surface area contributed by atoms with Gasteiger partial charge in [0.05, 0.1) is 11.7 Å². The number of piperazine rings is 1. The predicted molar refractivity (Wildman–Crippen MR) is 141 cm³/mol. The molecule has 0 saturated carbocycles. The highest BCUT2D eigenvalue weighted by Crippen LogP contribution is 2.30. The van der Waals surface area contributed by atoms with Crippen molar-refractivity contribution in [3.8, 4) is 11.3 Å². The molecule has 4 aromatic rings. The largest absolute Gasteiger partial charge is 0.309 e. The third-order valence-electron chi connectivity index (χ3n) is 6.83. The molecule has 1 N–H and O–H groups in total. The maximum atomic E-state index is 14.8. The minimum Gasteiger partial charge on any atom is -0.309 e. The van der Waals surface area contributed by atoms with Crippen molar-refractivity contribution in [1.29, 1.82) is 0 Å². The molecule has 5 rings (SSSR count). The van der Waals surface area contributed by atoms with Gasteiger partial charge in [-0.15, -0.1) is 0 Å². The molecule has 1 aliphatic rings. The van der Waals surface area contributed by atoms with Crippen molar-refractivity contribution < 1.29 is 4.39 Å². The second-order valence-corrected chi connectivity index (χ2v) is 9.67. The fraction of sp³-hybridized carbons (Fsp3) is 0.407. The lowest BCUT2D eigenvalue weighted by Gasteiger charge is -2.33. The van der Waals surface area contributed by atoms with E-state index >= 15 is 0 Å². The van der Waals surface area contributed by atoms with E-state index in [4.69, 9.17) is 0 Å². The van der Waals surface area contributed by atoms with Gasteiger partial charge in [0.15, 0.2) is 5.82 Å². The SMILES string of the molecule is CCN1CCN(Cc2ccc(Nc3ncc(F)c(-c4ccc5nn(C)c(C(C)C)c5c4)n3)nc2)CC1. The van der Waals surface area contributed by atoms with Crippen LogP contribution in [0.2, 0.25) is 0 Å². The molecule has 0 radical (unpaired) electrons. The number of anilines is 2. The fourth-order valence-corrected chi connectivity index (χ4v) is 4.91. The van der Waals surface area contributed by atoms with Crippen LogP contribution < -0.4 is 5.32 Å². The second kappa shape index (κ2) is 10.3. The Labute approximate surface area is 211 Å². The Hall–Kier alpha value is -3.43. The van der Waals surface area contributed by atoms with Gasteiger partial charge in [0.1, 0.15) is 11.5 Å². The minimum absolute atomic E-state index is 0.246. The van der Waals surface area contributed by atoms with Crippen LogP contribution in [0.15, 0.2) is 42.7 Å². The molecule has 4 heterocycles. The number of pyridine rings is 1. The normalized spacial score (nSPS) is 15.2. The van der Waals surface area contributed by atoms with Crippen LogP contribution in [0, 0.1) is 5.82 Å². The molecule has 1 aliphatic heterocycles. The molecule has 1 aromatic carbocycles.